The number of nitrogens with zero attached hydrogens (tertiary/aromatic N) is 2. The van der Waals surface area contributed by atoms with Crippen LogP contribution in [0.15, 0.2) is 36.0 Å². The molecule has 106 valence electrons. The molecule has 0 radical (unpaired) electrons. The minimum Gasteiger partial charge on any atom is -0.465 e. The Kier molecular flexibility index (Phi) is 4.52. The summed E-state index contributed by atoms with van der Waals surface area (Å²) in [7, 11) is 1.24. The van der Waals surface area contributed by atoms with Crippen molar-refractivity contribution in [2.45, 2.75) is 13.3 Å². The number of aromatic amines is 1. The van der Waals surface area contributed by atoms with Gasteiger partial charge >= 0.3 is 5.97 Å². The van der Waals surface area contributed by atoms with E-state index in [1.165, 1.54) is 18.7 Å². The summed E-state index contributed by atoms with van der Waals surface area (Å²) in [5.74, 6) is -0.661. The zero-order valence-electron chi connectivity index (χ0n) is 11.9. The van der Waals surface area contributed by atoms with Crippen LogP contribution >= 0.6 is 0 Å². The molecule has 1 aromatic heterocycles. The highest BCUT2D eigenvalue weighted by Gasteiger charge is 2.12. The van der Waals surface area contributed by atoms with Gasteiger partial charge in [0, 0.05) is 11.1 Å². The van der Waals surface area contributed by atoms with Crippen LogP contribution in [-0.2, 0) is 16.0 Å². The number of hydrogen-bond acceptors (Lipinski definition) is 4. The predicted molar refractivity (Wildman–Crippen MR) is 79.0 cm³/mol. The highest BCUT2D eigenvalue weighted by molar-refractivity contribution is 5.98. The van der Waals surface area contributed by atoms with E-state index in [0.717, 1.165) is 17.7 Å². The molecule has 0 spiro atoms. The second kappa shape index (κ2) is 6.53. The summed E-state index contributed by atoms with van der Waals surface area (Å²) < 4.78 is 4.57. The number of ether oxygens (including phenoxy) is 1. The molecule has 1 aromatic carbocycles. The Morgan fingerprint density at radius 3 is 2.71 bits per heavy atom. The SMILES string of the molecule is CCc1ccc(-c2[nH]ncc2/C=C(/C#N)C(=O)OC)cc1. The molecule has 0 unspecified atom stereocenters. The number of rotatable bonds is 4. The lowest BCUT2D eigenvalue weighted by Crippen LogP contribution is -2.02. The molecule has 0 aliphatic rings. The van der Waals surface area contributed by atoms with E-state index < -0.39 is 5.97 Å². The van der Waals surface area contributed by atoms with Crippen LogP contribution < -0.4 is 0 Å². The monoisotopic (exact) mass is 281 g/mol. The van der Waals surface area contributed by atoms with Gasteiger partial charge in [0.15, 0.2) is 0 Å². The Labute approximate surface area is 122 Å². The Balaban J connectivity index is 2.40. The number of aryl methyl sites for hydroxylation is 1. The van der Waals surface area contributed by atoms with Gasteiger partial charge in [0.1, 0.15) is 11.6 Å². The van der Waals surface area contributed by atoms with Gasteiger partial charge in [-0.3, -0.25) is 5.10 Å². The summed E-state index contributed by atoms with van der Waals surface area (Å²) >= 11 is 0. The lowest BCUT2D eigenvalue weighted by atomic mass is 10.0. The zero-order valence-corrected chi connectivity index (χ0v) is 11.9. The van der Waals surface area contributed by atoms with Crippen LogP contribution in [-0.4, -0.2) is 23.3 Å². The van der Waals surface area contributed by atoms with Crippen molar-refractivity contribution < 1.29 is 9.53 Å². The van der Waals surface area contributed by atoms with Crippen LogP contribution in [0.3, 0.4) is 0 Å². The van der Waals surface area contributed by atoms with E-state index >= 15 is 0 Å². The van der Waals surface area contributed by atoms with Gasteiger partial charge < -0.3 is 4.74 Å². The molecule has 5 heteroatoms. The summed E-state index contributed by atoms with van der Waals surface area (Å²) in [6.07, 6.45) is 4.01. The second-order valence-electron chi connectivity index (χ2n) is 4.41. The molecule has 0 saturated carbocycles. The maximum atomic E-state index is 11.5. The van der Waals surface area contributed by atoms with Crippen molar-refractivity contribution in [3.8, 4) is 17.3 Å². The van der Waals surface area contributed by atoms with Crippen molar-refractivity contribution in [3.63, 3.8) is 0 Å². The zero-order chi connectivity index (χ0) is 15.2. The van der Waals surface area contributed by atoms with E-state index in [0.29, 0.717) is 5.56 Å². The minimum absolute atomic E-state index is 0.0645. The topological polar surface area (TPSA) is 78.8 Å². The van der Waals surface area contributed by atoms with Crippen molar-refractivity contribution >= 4 is 12.0 Å². The highest BCUT2D eigenvalue weighted by Crippen LogP contribution is 2.23. The summed E-state index contributed by atoms with van der Waals surface area (Å²) in [6.45, 7) is 2.09. The summed E-state index contributed by atoms with van der Waals surface area (Å²) in [4.78, 5) is 11.5. The normalized spacial score (nSPS) is 11.0. The fourth-order valence-corrected chi connectivity index (χ4v) is 1.95. The number of H-pyrrole nitrogens is 1. The van der Waals surface area contributed by atoms with Crippen molar-refractivity contribution in [2.75, 3.05) is 7.11 Å². The van der Waals surface area contributed by atoms with Gasteiger partial charge in [-0.2, -0.15) is 10.4 Å². The summed E-state index contributed by atoms with van der Waals surface area (Å²) in [5.41, 5.74) is 3.54. The molecule has 0 bridgehead atoms. The van der Waals surface area contributed by atoms with Gasteiger partial charge in [0.05, 0.1) is 19.0 Å². The number of aromatic nitrogens is 2. The van der Waals surface area contributed by atoms with Crippen LogP contribution in [0.5, 0.6) is 0 Å². The van der Waals surface area contributed by atoms with Crippen molar-refractivity contribution in [3.05, 3.63) is 47.2 Å². The third-order valence-electron chi connectivity index (χ3n) is 3.15. The summed E-state index contributed by atoms with van der Waals surface area (Å²) in [6, 6.07) is 9.87. The molecule has 1 heterocycles. The molecule has 0 aliphatic carbocycles. The van der Waals surface area contributed by atoms with Crippen LogP contribution in [0.2, 0.25) is 0 Å². The van der Waals surface area contributed by atoms with Gasteiger partial charge in [-0.15, -0.1) is 0 Å². The first-order valence-electron chi connectivity index (χ1n) is 6.52. The predicted octanol–water partition coefficient (Wildman–Crippen LogP) is 2.72. The standard InChI is InChI=1S/C16H15N3O2/c1-3-11-4-6-12(7-5-11)15-14(10-18-19-15)8-13(9-17)16(20)21-2/h4-8,10H,3H2,1-2H3,(H,18,19)/b13-8-. The maximum Gasteiger partial charge on any atom is 0.348 e. The Bertz CT molecular complexity index is 706. The van der Waals surface area contributed by atoms with E-state index in [1.807, 2.05) is 30.3 Å². The van der Waals surface area contributed by atoms with E-state index in [1.54, 1.807) is 6.20 Å². The van der Waals surface area contributed by atoms with Gasteiger partial charge in [-0.1, -0.05) is 31.2 Å². The molecule has 2 rings (SSSR count). The van der Waals surface area contributed by atoms with Crippen molar-refractivity contribution in [2.24, 2.45) is 0 Å². The Morgan fingerprint density at radius 2 is 2.14 bits per heavy atom. The molecule has 0 fully saturated rings. The molecular formula is C16H15N3O2. The van der Waals surface area contributed by atoms with Crippen LogP contribution in [0, 0.1) is 11.3 Å². The molecule has 0 atom stereocenters. The average molecular weight is 281 g/mol. The van der Waals surface area contributed by atoms with Gasteiger partial charge in [-0.25, -0.2) is 4.79 Å². The minimum atomic E-state index is -0.661. The van der Waals surface area contributed by atoms with E-state index in [9.17, 15) is 4.79 Å². The molecule has 0 amide bonds. The number of carbonyl (C=O) groups is 1. The Hall–Kier alpha value is -2.87. The first-order chi connectivity index (χ1) is 10.2. The molecule has 1 N–H and O–H groups in total. The van der Waals surface area contributed by atoms with Crippen molar-refractivity contribution in [1.82, 2.24) is 10.2 Å². The molecule has 0 aliphatic heterocycles. The maximum absolute atomic E-state index is 11.5. The number of nitriles is 1. The Morgan fingerprint density at radius 1 is 1.43 bits per heavy atom. The number of nitrogens with one attached hydrogen (secondary N) is 1. The van der Waals surface area contributed by atoms with Crippen LogP contribution in [0.25, 0.3) is 17.3 Å². The molecule has 2 aromatic rings. The third kappa shape index (κ3) is 3.18. The third-order valence-corrected chi connectivity index (χ3v) is 3.15. The smallest absolute Gasteiger partial charge is 0.348 e. The van der Waals surface area contributed by atoms with Crippen LogP contribution in [0.4, 0.5) is 0 Å². The largest absolute Gasteiger partial charge is 0.465 e. The van der Waals surface area contributed by atoms with E-state index in [2.05, 4.69) is 21.9 Å². The highest BCUT2D eigenvalue weighted by atomic mass is 16.5. The fraction of sp³-hybridized carbons (Fsp3) is 0.188. The molecular weight excluding hydrogens is 266 g/mol. The number of carbonyl (C=O) groups excluding carboxylic acids is 1. The average Bonchev–Trinajstić information content (AvgIpc) is 3.00. The quantitative estimate of drug-likeness (QED) is 0.531. The van der Waals surface area contributed by atoms with Crippen LogP contribution in [0.1, 0.15) is 18.1 Å². The molecule has 5 nitrogen and oxygen atoms in total. The first-order valence-corrected chi connectivity index (χ1v) is 6.52. The fourth-order valence-electron chi connectivity index (χ4n) is 1.95. The van der Waals surface area contributed by atoms with E-state index in [4.69, 9.17) is 5.26 Å². The van der Waals surface area contributed by atoms with Crippen molar-refractivity contribution in [1.29, 1.82) is 5.26 Å². The molecule has 21 heavy (non-hydrogen) atoms. The number of hydrogen-bond donors (Lipinski definition) is 1. The lowest BCUT2D eigenvalue weighted by molar-refractivity contribution is -0.135. The lowest BCUT2D eigenvalue weighted by Gasteiger charge is -2.02. The van der Waals surface area contributed by atoms with Gasteiger partial charge in [0.25, 0.3) is 0 Å². The van der Waals surface area contributed by atoms with E-state index in [-0.39, 0.29) is 5.57 Å². The first kappa shape index (κ1) is 14.5. The van der Waals surface area contributed by atoms with Gasteiger partial charge in [0.2, 0.25) is 0 Å². The number of methoxy groups -OCH3 is 1. The number of esters is 1. The molecule has 0 saturated heterocycles. The summed E-state index contributed by atoms with van der Waals surface area (Å²) in [5, 5.41) is 15.9. The second-order valence-corrected chi connectivity index (χ2v) is 4.41. The van der Waals surface area contributed by atoms with Gasteiger partial charge in [-0.05, 0) is 18.1 Å². The number of benzene rings is 1.